The molecular weight excluding hydrogens is 518 g/mol. The van der Waals surface area contributed by atoms with Crippen molar-refractivity contribution < 1.29 is 4.57 Å². The SMILES string of the molecule is CCCCCCCCCCCCCCCCCCCc1ccc[n+](CCCCCCCCCCCCCCCCCC)c1. The molecule has 1 nitrogen and oxygen atoms in total. The second kappa shape index (κ2) is 34.0. The Morgan fingerprint density at radius 2 is 0.674 bits per heavy atom. The molecule has 1 aromatic rings. The van der Waals surface area contributed by atoms with Gasteiger partial charge in [0.2, 0.25) is 0 Å². The lowest BCUT2D eigenvalue weighted by atomic mass is 10.0. The Balaban J connectivity index is 1.84. The Hall–Kier alpha value is -0.850. The van der Waals surface area contributed by atoms with Crippen molar-refractivity contribution in [3.63, 3.8) is 0 Å². The van der Waals surface area contributed by atoms with Crippen molar-refractivity contribution in [1.82, 2.24) is 0 Å². The fourth-order valence-corrected chi connectivity index (χ4v) is 6.76. The summed E-state index contributed by atoms with van der Waals surface area (Å²) in [5.74, 6) is 0. The summed E-state index contributed by atoms with van der Waals surface area (Å²) in [4.78, 5) is 0. The average Bonchev–Trinajstić information content (AvgIpc) is 3.02. The molecule has 1 aromatic heterocycles. The highest BCUT2D eigenvalue weighted by Crippen LogP contribution is 2.16. The summed E-state index contributed by atoms with van der Waals surface area (Å²) >= 11 is 0. The largest absolute Gasteiger partial charge is 0.205 e. The van der Waals surface area contributed by atoms with Crippen LogP contribution in [0.4, 0.5) is 0 Å². The van der Waals surface area contributed by atoms with Crippen LogP contribution >= 0.6 is 0 Å². The zero-order chi connectivity index (χ0) is 30.7. The Morgan fingerprint density at radius 1 is 0.372 bits per heavy atom. The van der Waals surface area contributed by atoms with Gasteiger partial charge in [-0.3, -0.25) is 0 Å². The number of pyridine rings is 1. The lowest BCUT2D eigenvalue weighted by Gasteiger charge is -2.04. The third-order valence-electron chi connectivity index (χ3n) is 9.76. The monoisotopic (exact) mass is 599 g/mol. The van der Waals surface area contributed by atoms with Gasteiger partial charge >= 0.3 is 0 Å². The van der Waals surface area contributed by atoms with E-state index in [1.165, 1.54) is 225 Å². The van der Waals surface area contributed by atoms with Crippen LogP contribution in [0.3, 0.4) is 0 Å². The minimum Gasteiger partial charge on any atom is -0.205 e. The van der Waals surface area contributed by atoms with Gasteiger partial charge in [-0.2, -0.15) is 0 Å². The molecule has 0 amide bonds. The van der Waals surface area contributed by atoms with E-state index in [-0.39, 0.29) is 0 Å². The van der Waals surface area contributed by atoms with Gasteiger partial charge in [-0.05, 0) is 25.3 Å². The van der Waals surface area contributed by atoms with Crippen LogP contribution < -0.4 is 4.57 Å². The van der Waals surface area contributed by atoms with Crippen LogP contribution in [0, 0.1) is 0 Å². The molecule has 0 N–H and O–H groups in total. The Kier molecular flexibility index (Phi) is 31.8. The van der Waals surface area contributed by atoms with Crippen LogP contribution in [-0.4, -0.2) is 0 Å². The summed E-state index contributed by atoms with van der Waals surface area (Å²) in [6.07, 6.45) is 53.7. The minimum atomic E-state index is 1.20. The Labute approximate surface area is 272 Å². The van der Waals surface area contributed by atoms with Crippen molar-refractivity contribution >= 4 is 0 Å². The van der Waals surface area contributed by atoms with Crippen molar-refractivity contribution in [2.24, 2.45) is 0 Å². The number of nitrogens with zero attached hydrogens (tertiary/aromatic N) is 1. The number of aryl methyl sites for hydroxylation is 2. The predicted molar refractivity (Wildman–Crippen MR) is 194 cm³/mol. The molecule has 0 aliphatic heterocycles. The number of hydrogen-bond donors (Lipinski definition) is 0. The lowest BCUT2D eigenvalue weighted by molar-refractivity contribution is -0.697. The predicted octanol–water partition coefficient (Wildman–Crippen LogP) is 14.4. The van der Waals surface area contributed by atoms with Crippen LogP contribution in [0.25, 0.3) is 0 Å². The van der Waals surface area contributed by atoms with Crippen LogP contribution in [0.5, 0.6) is 0 Å². The summed E-state index contributed by atoms with van der Waals surface area (Å²) in [6.45, 7) is 5.81. The maximum Gasteiger partial charge on any atom is 0.171 e. The van der Waals surface area contributed by atoms with Crippen molar-refractivity contribution in [2.45, 2.75) is 239 Å². The van der Waals surface area contributed by atoms with Crippen molar-refractivity contribution in [3.8, 4) is 0 Å². The van der Waals surface area contributed by atoms with Gasteiger partial charge in [-0.1, -0.05) is 206 Å². The van der Waals surface area contributed by atoms with Crippen molar-refractivity contribution in [1.29, 1.82) is 0 Å². The molecule has 0 atom stereocenters. The number of unbranched alkanes of at least 4 members (excludes halogenated alkanes) is 31. The van der Waals surface area contributed by atoms with Gasteiger partial charge in [-0.15, -0.1) is 0 Å². The molecule has 0 radical (unpaired) electrons. The van der Waals surface area contributed by atoms with E-state index in [0.717, 1.165) is 0 Å². The highest BCUT2D eigenvalue weighted by molar-refractivity contribution is 5.05. The molecule has 1 heteroatoms. The van der Waals surface area contributed by atoms with Gasteiger partial charge < -0.3 is 0 Å². The van der Waals surface area contributed by atoms with E-state index in [2.05, 4.69) is 42.9 Å². The molecule has 1 rings (SSSR count). The molecule has 0 bridgehead atoms. The van der Waals surface area contributed by atoms with E-state index in [0.29, 0.717) is 0 Å². The second-order valence-electron chi connectivity index (χ2n) is 14.2. The van der Waals surface area contributed by atoms with Gasteiger partial charge in [0, 0.05) is 18.1 Å². The van der Waals surface area contributed by atoms with Gasteiger partial charge in [0.15, 0.2) is 12.4 Å². The van der Waals surface area contributed by atoms with Crippen LogP contribution in [0.2, 0.25) is 0 Å². The topological polar surface area (TPSA) is 3.88 Å². The maximum absolute atomic E-state index is 2.45. The highest BCUT2D eigenvalue weighted by atomic mass is 14.9. The summed E-state index contributed by atoms with van der Waals surface area (Å²) < 4.78 is 2.45. The lowest BCUT2D eigenvalue weighted by Crippen LogP contribution is -2.33. The molecule has 0 aliphatic carbocycles. The fourth-order valence-electron chi connectivity index (χ4n) is 6.76. The third-order valence-corrected chi connectivity index (χ3v) is 9.76. The van der Waals surface area contributed by atoms with Gasteiger partial charge in [0.1, 0.15) is 6.54 Å². The number of aromatic nitrogens is 1. The van der Waals surface area contributed by atoms with Crippen molar-refractivity contribution in [3.05, 3.63) is 30.1 Å². The first-order valence-corrected chi connectivity index (χ1v) is 20.3. The van der Waals surface area contributed by atoms with Crippen LogP contribution in [0.1, 0.15) is 231 Å². The third kappa shape index (κ3) is 29.6. The zero-order valence-electron chi connectivity index (χ0n) is 30.0. The molecule has 0 aromatic carbocycles. The highest BCUT2D eigenvalue weighted by Gasteiger charge is 2.04. The molecule has 43 heavy (non-hydrogen) atoms. The molecule has 0 spiro atoms. The first-order valence-electron chi connectivity index (χ1n) is 20.3. The number of hydrogen-bond acceptors (Lipinski definition) is 0. The second-order valence-corrected chi connectivity index (χ2v) is 14.2. The molecule has 1 heterocycles. The summed E-state index contributed by atoms with van der Waals surface area (Å²) in [5, 5.41) is 0. The standard InChI is InChI=1S/C42H80N/c1-3-5-7-9-11-13-15-17-19-21-22-24-26-28-30-32-34-37-42-38-36-40-43(41-42)39-35-33-31-29-27-25-23-20-18-16-14-12-10-8-6-4-2/h36,38,40-41H,3-35,37,39H2,1-2H3/q+1. The molecule has 0 unspecified atom stereocenters. The molecule has 0 saturated carbocycles. The zero-order valence-corrected chi connectivity index (χ0v) is 30.0. The fraction of sp³-hybridized carbons (Fsp3) is 0.881. The van der Waals surface area contributed by atoms with Gasteiger partial charge in [-0.25, -0.2) is 4.57 Å². The van der Waals surface area contributed by atoms with E-state index >= 15 is 0 Å². The quantitative estimate of drug-likeness (QED) is 0.0540. The first-order chi connectivity index (χ1) is 21.4. The number of rotatable bonds is 35. The Morgan fingerprint density at radius 3 is 1.02 bits per heavy atom. The molecule has 0 fully saturated rings. The summed E-state index contributed by atoms with van der Waals surface area (Å²) in [5.41, 5.74) is 1.54. The maximum atomic E-state index is 2.45. The van der Waals surface area contributed by atoms with E-state index < -0.39 is 0 Å². The average molecular weight is 599 g/mol. The normalized spacial score (nSPS) is 11.5. The molecule has 0 aliphatic rings. The van der Waals surface area contributed by atoms with Gasteiger partial charge in [0.25, 0.3) is 0 Å². The smallest absolute Gasteiger partial charge is 0.171 e. The molecule has 252 valence electrons. The van der Waals surface area contributed by atoms with E-state index in [9.17, 15) is 0 Å². The summed E-state index contributed by atoms with van der Waals surface area (Å²) in [7, 11) is 0. The van der Waals surface area contributed by atoms with E-state index in [1.54, 1.807) is 5.56 Å². The minimum absolute atomic E-state index is 1.20. The Bertz CT molecular complexity index is 652. The molecule has 0 saturated heterocycles. The first kappa shape index (κ1) is 40.2. The van der Waals surface area contributed by atoms with E-state index in [4.69, 9.17) is 0 Å². The van der Waals surface area contributed by atoms with Crippen LogP contribution in [-0.2, 0) is 13.0 Å². The summed E-state index contributed by atoms with van der Waals surface area (Å²) in [6, 6.07) is 4.62. The van der Waals surface area contributed by atoms with Crippen molar-refractivity contribution in [2.75, 3.05) is 0 Å². The molecular formula is C42H80N+. The van der Waals surface area contributed by atoms with Gasteiger partial charge in [0.05, 0.1) is 0 Å². The van der Waals surface area contributed by atoms with Crippen LogP contribution in [0.15, 0.2) is 24.5 Å². The van der Waals surface area contributed by atoms with E-state index in [1.807, 2.05) is 0 Å².